The second-order valence-corrected chi connectivity index (χ2v) is 6.49. The predicted octanol–water partition coefficient (Wildman–Crippen LogP) is 3.96. The second kappa shape index (κ2) is 7.99. The van der Waals surface area contributed by atoms with Crippen LogP contribution in [0.15, 0.2) is 53.7 Å². The summed E-state index contributed by atoms with van der Waals surface area (Å²) in [5, 5.41) is 11.8. The van der Waals surface area contributed by atoms with Gasteiger partial charge < -0.3 is 14.8 Å². The van der Waals surface area contributed by atoms with Gasteiger partial charge in [0.05, 0.1) is 0 Å². The van der Waals surface area contributed by atoms with E-state index in [4.69, 9.17) is 9.94 Å². The van der Waals surface area contributed by atoms with Crippen LogP contribution in [0.3, 0.4) is 0 Å². The summed E-state index contributed by atoms with van der Waals surface area (Å²) in [5.74, 6) is 0.900. The third-order valence-electron chi connectivity index (χ3n) is 4.36. The standard InChI is InChI=1S/C21H24N2O2/c1-23(2)13-5-8-19-18-7-4-3-6-17(18)15-25-21-10-9-16(11-12-22-24)14-20(19)21/h3-4,6-10,12,14,24H,5,11,13,15H2,1-2H3/b19-8-,22-12?. The number of ether oxygens (including phenoxy) is 1. The van der Waals surface area contributed by atoms with Gasteiger partial charge in [-0.15, -0.1) is 5.16 Å². The van der Waals surface area contributed by atoms with Crippen molar-refractivity contribution in [1.82, 2.24) is 4.90 Å². The zero-order chi connectivity index (χ0) is 17.6. The van der Waals surface area contributed by atoms with Gasteiger partial charge in [-0.3, -0.25) is 0 Å². The van der Waals surface area contributed by atoms with Gasteiger partial charge in [-0.25, -0.2) is 0 Å². The summed E-state index contributed by atoms with van der Waals surface area (Å²) in [6.07, 6.45) is 5.37. The maximum Gasteiger partial charge on any atom is 0.127 e. The molecule has 2 aromatic rings. The quantitative estimate of drug-likeness (QED) is 0.510. The molecule has 130 valence electrons. The highest BCUT2D eigenvalue weighted by Crippen LogP contribution is 2.37. The van der Waals surface area contributed by atoms with Gasteiger partial charge in [0.1, 0.15) is 12.4 Å². The highest BCUT2D eigenvalue weighted by molar-refractivity contribution is 5.85. The third-order valence-corrected chi connectivity index (χ3v) is 4.36. The van der Waals surface area contributed by atoms with Crippen LogP contribution in [0.25, 0.3) is 5.57 Å². The predicted molar refractivity (Wildman–Crippen MR) is 101 cm³/mol. The van der Waals surface area contributed by atoms with Crippen molar-refractivity contribution in [2.75, 3.05) is 20.6 Å². The molecule has 25 heavy (non-hydrogen) atoms. The molecule has 1 heterocycles. The molecule has 3 rings (SSSR count). The maximum atomic E-state index is 8.69. The van der Waals surface area contributed by atoms with E-state index in [1.165, 1.54) is 22.9 Å². The molecule has 1 aliphatic heterocycles. The van der Waals surface area contributed by atoms with Gasteiger partial charge >= 0.3 is 0 Å². The van der Waals surface area contributed by atoms with Crippen LogP contribution in [0.2, 0.25) is 0 Å². The number of oxime groups is 1. The van der Waals surface area contributed by atoms with Crippen LogP contribution in [0.1, 0.15) is 28.7 Å². The monoisotopic (exact) mass is 336 g/mol. The van der Waals surface area contributed by atoms with Crippen LogP contribution in [0, 0.1) is 0 Å². The molecule has 0 aliphatic carbocycles. The normalized spacial score (nSPS) is 15.1. The second-order valence-electron chi connectivity index (χ2n) is 6.49. The van der Waals surface area contributed by atoms with E-state index in [9.17, 15) is 0 Å². The van der Waals surface area contributed by atoms with Gasteiger partial charge in [0.25, 0.3) is 0 Å². The van der Waals surface area contributed by atoms with Crippen LogP contribution < -0.4 is 4.74 Å². The summed E-state index contributed by atoms with van der Waals surface area (Å²) >= 11 is 0. The molecule has 0 saturated heterocycles. The zero-order valence-electron chi connectivity index (χ0n) is 14.8. The number of hydrogen-bond acceptors (Lipinski definition) is 4. The van der Waals surface area contributed by atoms with E-state index in [1.807, 2.05) is 12.1 Å². The Morgan fingerprint density at radius 1 is 1.16 bits per heavy atom. The average molecular weight is 336 g/mol. The van der Waals surface area contributed by atoms with Gasteiger partial charge in [0.15, 0.2) is 0 Å². The fraction of sp³-hybridized carbons (Fsp3) is 0.286. The Morgan fingerprint density at radius 2 is 2.00 bits per heavy atom. The first-order valence-corrected chi connectivity index (χ1v) is 8.54. The minimum absolute atomic E-state index is 0.575. The lowest BCUT2D eigenvalue weighted by Gasteiger charge is -2.13. The van der Waals surface area contributed by atoms with E-state index >= 15 is 0 Å². The molecular weight excluding hydrogens is 312 g/mol. The van der Waals surface area contributed by atoms with Crippen molar-refractivity contribution in [1.29, 1.82) is 0 Å². The Morgan fingerprint density at radius 3 is 2.80 bits per heavy atom. The average Bonchev–Trinajstić information content (AvgIpc) is 2.77. The number of hydrogen-bond donors (Lipinski definition) is 1. The maximum absolute atomic E-state index is 8.69. The first-order valence-electron chi connectivity index (χ1n) is 8.54. The van der Waals surface area contributed by atoms with Crippen molar-refractivity contribution in [2.24, 2.45) is 5.16 Å². The molecule has 4 heteroatoms. The Bertz CT molecular complexity index is 794. The topological polar surface area (TPSA) is 45.1 Å². The molecular formula is C21H24N2O2. The molecule has 1 aliphatic rings. The Balaban J connectivity index is 2.06. The molecule has 0 spiro atoms. The van der Waals surface area contributed by atoms with Gasteiger partial charge in [0.2, 0.25) is 0 Å². The molecule has 1 N–H and O–H groups in total. The lowest BCUT2D eigenvalue weighted by atomic mass is 9.92. The molecule has 0 atom stereocenters. The van der Waals surface area contributed by atoms with E-state index in [1.54, 1.807) is 0 Å². The molecule has 0 fully saturated rings. The highest BCUT2D eigenvalue weighted by Gasteiger charge is 2.19. The van der Waals surface area contributed by atoms with E-state index in [2.05, 4.69) is 60.6 Å². The smallest absolute Gasteiger partial charge is 0.127 e. The molecule has 0 unspecified atom stereocenters. The van der Waals surface area contributed by atoms with E-state index in [0.29, 0.717) is 13.0 Å². The van der Waals surface area contributed by atoms with Crippen molar-refractivity contribution in [3.8, 4) is 5.75 Å². The summed E-state index contributed by atoms with van der Waals surface area (Å²) in [6, 6.07) is 14.6. The lowest BCUT2D eigenvalue weighted by Crippen LogP contribution is -2.12. The molecule has 0 radical (unpaired) electrons. The molecule has 2 aromatic carbocycles. The molecule has 0 aromatic heterocycles. The lowest BCUT2D eigenvalue weighted by molar-refractivity contribution is 0.307. The molecule has 0 bridgehead atoms. The van der Waals surface area contributed by atoms with Crippen molar-refractivity contribution in [3.05, 3.63) is 70.8 Å². The van der Waals surface area contributed by atoms with Crippen LogP contribution in [0.4, 0.5) is 0 Å². The van der Waals surface area contributed by atoms with Crippen LogP contribution in [-0.4, -0.2) is 37.0 Å². The van der Waals surface area contributed by atoms with Gasteiger partial charge in [-0.05, 0) is 54.9 Å². The van der Waals surface area contributed by atoms with Crippen LogP contribution >= 0.6 is 0 Å². The molecule has 0 amide bonds. The Kier molecular flexibility index (Phi) is 5.51. The molecule has 0 saturated carbocycles. The minimum Gasteiger partial charge on any atom is -0.488 e. The molecule has 4 nitrogen and oxygen atoms in total. The van der Waals surface area contributed by atoms with Gasteiger partial charge in [-0.1, -0.05) is 36.4 Å². The fourth-order valence-electron chi connectivity index (χ4n) is 3.08. The third kappa shape index (κ3) is 4.09. The van der Waals surface area contributed by atoms with E-state index in [-0.39, 0.29) is 0 Å². The van der Waals surface area contributed by atoms with E-state index < -0.39 is 0 Å². The number of nitrogens with zero attached hydrogens (tertiary/aromatic N) is 2. The van der Waals surface area contributed by atoms with Crippen molar-refractivity contribution in [3.63, 3.8) is 0 Å². The summed E-state index contributed by atoms with van der Waals surface area (Å²) < 4.78 is 6.06. The number of benzene rings is 2. The summed E-state index contributed by atoms with van der Waals surface area (Å²) in [6.45, 7) is 1.57. The minimum atomic E-state index is 0.575. The van der Waals surface area contributed by atoms with Crippen LogP contribution in [-0.2, 0) is 13.0 Å². The van der Waals surface area contributed by atoms with Gasteiger partial charge in [0, 0.05) is 24.7 Å². The summed E-state index contributed by atoms with van der Waals surface area (Å²) in [4.78, 5) is 2.19. The SMILES string of the molecule is CN(C)CC/C=C1/c2ccccc2COc2ccc(CC=NO)cc21. The van der Waals surface area contributed by atoms with Crippen molar-refractivity contribution >= 4 is 11.8 Å². The largest absolute Gasteiger partial charge is 0.488 e. The first-order chi connectivity index (χ1) is 12.2. The zero-order valence-corrected chi connectivity index (χ0v) is 14.8. The Hall–Kier alpha value is -2.59. The van der Waals surface area contributed by atoms with Gasteiger partial charge in [-0.2, -0.15) is 0 Å². The Labute approximate surface area is 149 Å². The fourth-order valence-corrected chi connectivity index (χ4v) is 3.08. The van der Waals surface area contributed by atoms with Crippen molar-refractivity contribution < 1.29 is 9.94 Å². The number of fused-ring (bicyclic) bond motifs is 2. The first kappa shape index (κ1) is 17.2. The van der Waals surface area contributed by atoms with E-state index in [0.717, 1.165) is 29.8 Å². The van der Waals surface area contributed by atoms with Crippen LogP contribution in [0.5, 0.6) is 5.75 Å². The highest BCUT2D eigenvalue weighted by atomic mass is 16.5. The number of rotatable bonds is 5. The van der Waals surface area contributed by atoms with Crippen molar-refractivity contribution in [2.45, 2.75) is 19.4 Å². The summed E-state index contributed by atoms with van der Waals surface area (Å²) in [7, 11) is 4.17. The summed E-state index contributed by atoms with van der Waals surface area (Å²) in [5.41, 5.74) is 5.85.